The topological polar surface area (TPSA) is 70.6 Å². The van der Waals surface area contributed by atoms with Gasteiger partial charge in [0.25, 0.3) is 0 Å². The van der Waals surface area contributed by atoms with Gasteiger partial charge in [0, 0.05) is 35.4 Å². The van der Waals surface area contributed by atoms with Crippen LogP contribution in [0.3, 0.4) is 0 Å². The quantitative estimate of drug-likeness (QED) is 0.374. The maximum Gasteiger partial charge on any atom is 0.191 e. The van der Waals surface area contributed by atoms with E-state index in [-0.39, 0.29) is 11.8 Å². The molecule has 0 spiro atoms. The van der Waals surface area contributed by atoms with Crippen LogP contribution >= 0.6 is 23.2 Å². The van der Waals surface area contributed by atoms with Gasteiger partial charge in [-0.3, -0.25) is 4.99 Å². The Kier molecular flexibility index (Phi) is 9.61. The van der Waals surface area contributed by atoms with Crippen molar-refractivity contribution >= 4 is 39.0 Å². The Hall–Kier alpha value is -0.980. The molecular weight excluding hydrogens is 381 g/mol. The second-order valence-corrected chi connectivity index (χ2v) is 9.17. The lowest BCUT2D eigenvalue weighted by atomic mass is 10.1. The van der Waals surface area contributed by atoms with Crippen molar-refractivity contribution in [1.29, 1.82) is 0 Å². The summed E-state index contributed by atoms with van der Waals surface area (Å²) in [6, 6.07) is 5.54. The molecular formula is C17H27Cl2N3O2S. The number of halogens is 2. The van der Waals surface area contributed by atoms with E-state index in [1.807, 2.05) is 26.0 Å². The first-order chi connectivity index (χ1) is 11.7. The fourth-order valence-corrected chi connectivity index (χ4v) is 3.49. The minimum atomic E-state index is -2.95. The normalized spacial score (nSPS) is 13.6. The number of aliphatic imine (C=N–C) groups is 1. The van der Waals surface area contributed by atoms with Gasteiger partial charge >= 0.3 is 0 Å². The van der Waals surface area contributed by atoms with Crippen LogP contribution in [0.1, 0.15) is 32.3 Å². The summed E-state index contributed by atoms with van der Waals surface area (Å²) in [5.74, 6) is 0.862. The maximum absolute atomic E-state index is 11.2. The van der Waals surface area contributed by atoms with Crippen molar-refractivity contribution in [3.8, 4) is 0 Å². The standard InChI is InChI=1S/C17H27Cl2N3O2S/c1-4-20-17(22-13(2)9-11-25(3,23)24)21-10-5-6-14-7-8-15(18)12-16(14)19/h7-8,12-13H,4-6,9-11H2,1-3H3,(H2,20,21,22). The van der Waals surface area contributed by atoms with E-state index >= 15 is 0 Å². The Bertz CT molecular complexity index is 678. The van der Waals surface area contributed by atoms with Crippen LogP contribution < -0.4 is 10.6 Å². The van der Waals surface area contributed by atoms with Crippen molar-refractivity contribution in [3.05, 3.63) is 33.8 Å². The van der Waals surface area contributed by atoms with Crippen molar-refractivity contribution in [1.82, 2.24) is 10.6 Å². The van der Waals surface area contributed by atoms with Crippen LogP contribution in [0, 0.1) is 0 Å². The van der Waals surface area contributed by atoms with Gasteiger partial charge in [0.2, 0.25) is 0 Å². The Morgan fingerprint density at radius 2 is 2.04 bits per heavy atom. The number of nitrogens with one attached hydrogen (secondary N) is 2. The Balaban J connectivity index is 2.49. The maximum atomic E-state index is 11.2. The number of sulfone groups is 1. The molecule has 0 heterocycles. The fourth-order valence-electron chi connectivity index (χ4n) is 2.20. The number of guanidine groups is 1. The molecule has 5 nitrogen and oxygen atoms in total. The van der Waals surface area contributed by atoms with E-state index in [1.165, 1.54) is 6.26 Å². The molecule has 0 bridgehead atoms. The lowest BCUT2D eigenvalue weighted by molar-refractivity contribution is 0.581. The van der Waals surface area contributed by atoms with Crippen LogP contribution in [0.4, 0.5) is 0 Å². The van der Waals surface area contributed by atoms with Gasteiger partial charge in [-0.1, -0.05) is 29.3 Å². The van der Waals surface area contributed by atoms with Gasteiger partial charge in [0.1, 0.15) is 9.84 Å². The predicted molar refractivity (Wildman–Crippen MR) is 108 cm³/mol. The molecule has 1 unspecified atom stereocenters. The summed E-state index contributed by atoms with van der Waals surface area (Å²) < 4.78 is 22.5. The first-order valence-corrected chi connectivity index (χ1v) is 11.2. The highest BCUT2D eigenvalue weighted by Gasteiger charge is 2.09. The van der Waals surface area contributed by atoms with E-state index in [0.717, 1.165) is 24.9 Å². The Morgan fingerprint density at radius 1 is 1.32 bits per heavy atom. The average molecular weight is 408 g/mol. The van der Waals surface area contributed by atoms with E-state index in [0.29, 0.717) is 29.0 Å². The number of rotatable bonds is 9. The van der Waals surface area contributed by atoms with Gasteiger partial charge < -0.3 is 10.6 Å². The smallest absolute Gasteiger partial charge is 0.191 e. The molecule has 0 saturated heterocycles. The highest BCUT2D eigenvalue weighted by Crippen LogP contribution is 2.21. The molecule has 0 aliphatic heterocycles. The highest BCUT2D eigenvalue weighted by atomic mass is 35.5. The van der Waals surface area contributed by atoms with Crippen LogP contribution in [-0.4, -0.2) is 45.5 Å². The number of hydrogen-bond acceptors (Lipinski definition) is 3. The number of aryl methyl sites for hydroxylation is 1. The van der Waals surface area contributed by atoms with Crippen molar-refractivity contribution in [2.75, 3.05) is 25.1 Å². The van der Waals surface area contributed by atoms with Gasteiger partial charge in [0.05, 0.1) is 5.75 Å². The van der Waals surface area contributed by atoms with E-state index in [4.69, 9.17) is 23.2 Å². The molecule has 0 amide bonds. The van der Waals surface area contributed by atoms with Crippen molar-refractivity contribution in [2.24, 2.45) is 4.99 Å². The molecule has 0 aliphatic rings. The van der Waals surface area contributed by atoms with E-state index in [1.54, 1.807) is 6.07 Å². The molecule has 25 heavy (non-hydrogen) atoms. The molecule has 0 fully saturated rings. The largest absolute Gasteiger partial charge is 0.357 e. The highest BCUT2D eigenvalue weighted by molar-refractivity contribution is 7.90. The summed E-state index contributed by atoms with van der Waals surface area (Å²) in [5, 5.41) is 7.72. The molecule has 8 heteroatoms. The third-order valence-corrected chi connectivity index (χ3v) is 5.10. The van der Waals surface area contributed by atoms with Crippen LogP contribution in [0.2, 0.25) is 10.0 Å². The monoisotopic (exact) mass is 407 g/mol. The molecule has 1 aromatic carbocycles. The average Bonchev–Trinajstić information content (AvgIpc) is 2.50. The molecule has 1 rings (SSSR count). The molecule has 0 aliphatic carbocycles. The second-order valence-electron chi connectivity index (χ2n) is 6.06. The van der Waals surface area contributed by atoms with E-state index in [9.17, 15) is 8.42 Å². The predicted octanol–water partition coefficient (Wildman–Crippen LogP) is 3.30. The summed E-state index contributed by atoms with van der Waals surface area (Å²) in [7, 11) is -2.95. The van der Waals surface area contributed by atoms with Crippen LogP contribution in [0.25, 0.3) is 0 Å². The minimum Gasteiger partial charge on any atom is -0.357 e. The Labute approximate surface area is 161 Å². The van der Waals surface area contributed by atoms with Crippen LogP contribution in [0.15, 0.2) is 23.2 Å². The third-order valence-electron chi connectivity index (χ3n) is 3.54. The molecule has 2 N–H and O–H groups in total. The fraction of sp³-hybridized carbons (Fsp3) is 0.588. The van der Waals surface area contributed by atoms with Crippen LogP contribution in [-0.2, 0) is 16.3 Å². The summed E-state index contributed by atoms with van der Waals surface area (Å²) in [5.41, 5.74) is 1.06. The van der Waals surface area contributed by atoms with E-state index in [2.05, 4.69) is 15.6 Å². The summed E-state index contributed by atoms with van der Waals surface area (Å²) in [6.45, 7) is 5.33. The van der Waals surface area contributed by atoms with Crippen LogP contribution in [0.5, 0.6) is 0 Å². The van der Waals surface area contributed by atoms with Gasteiger partial charge in [-0.25, -0.2) is 8.42 Å². The number of hydrogen-bond donors (Lipinski definition) is 2. The number of nitrogens with zero attached hydrogens (tertiary/aromatic N) is 1. The zero-order valence-electron chi connectivity index (χ0n) is 15.0. The zero-order chi connectivity index (χ0) is 18.9. The van der Waals surface area contributed by atoms with Gasteiger partial charge in [-0.15, -0.1) is 0 Å². The van der Waals surface area contributed by atoms with Gasteiger partial charge in [-0.05, 0) is 50.8 Å². The Morgan fingerprint density at radius 3 is 2.64 bits per heavy atom. The summed E-state index contributed by atoms with van der Waals surface area (Å²) >= 11 is 12.1. The van der Waals surface area contributed by atoms with E-state index < -0.39 is 9.84 Å². The second kappa shape index (κ2) is 10.9. The molecule has 0 aromatic heterocycles. The lowest BCUT2D eigenvalue weighted by Crippen LogP contribution is -2.42. The molecule has 0 radical (unpaired) electrons. The first-order valence-electron chi connectivity index (χ1n) is 8.37. The SMILES string of the molecule is CCNC(=NCCCc1ccc(Cl)cc1Cl)NC(C)CCS(C)(=O)=O. The summed E-state index contributed by atoms with van der Waals surface area (Å²) in [6.07, 6.45) is 3.47. The molecule has 1 atom stereocenters. The van der Waals surface area contributed by atoms with Gasteiger partial charge in [-0.2, -0.15) is 0 Å². The van der Waals surface area contributed by atoms with Crippen molar-refractivity contribution in [3.63, 3.8) is 0 Å². The molecule has 142 valence electrons. The minimum absolute atomic E-state index is 0.0261. The lowest BCUT2D eigenvalue weighted by Gasteiger charge is -2.17. The third kappa shape index (κ3) is 9.92. The van der Waals surface area contributed by atoms with Crippen molar-refractivity contribution in [2.45, 2.75) is 39.2 Å². The van der Waals surface area contributed by atoms with Crippen molar-refractivity contribution < 1.29 is 8.42 Å². The molecule has 1 aromatic rings. The van der Waals surface area contributed by atoms with Gasteiger partial charge in [0.15, 0.2) is 5.96 Å². The zero-order valence-corrected chi connectivity index (χ0v) is 17.3. The first kappa shape index (κ1) is 22.1. The molecule has 0 saturated carbocycles. The summed E-state index contributed by atoms with van der Waals surface area (Å²) in [4.78, 5) is 4.54. The number of benzene rings is 1.